The second-order valence-corrected chi connectivity index (χ2v) is 10.2. The van der Waals surface area contributed by atoms with E-state index in [1.807, 2.05) is 6.07 Å². The van der Waals surface area contributed by atoms with Crippen LogP contribution in [0.1, 0.15) is 36.9 Å². The maximum Gasteiger partial charge on any atom is 0.348 e. The van der Waals surface area contributed by atoms with Gasteiger partial charge in [0.15, 0.2) is 5.82 Å². The highest BCUT2D eigenvalue weighted by atomic mass is 19.1. The van der Waals surface area contributed by atoms with E-state index < -0.39 is 23.4 Å². The summed E-state index contributed by atoms with van der Waals surface area (Å²) in [4.78, 5) is 24.3. The zero-order valence-electron chi connectivity index (χ0n) is 21.9. The van der Waals surface area contributed by atoms with Gasteiger partial charge in [0.25, 0.3) is 5.60 Å². The lowest BCUT2D eigenvalue weighted by Crippen LogP contribution is -2.51. The smallest absolute Gasteiger partial charge is 0.348 e. The highest BCUT2D eigenvalue weighted by Crippen LogP contribution is 2.29. The molecule has 5 aromatic rings. The van der Waals surface area contributed by atoms with Gasteiger partial charge < -0.3 is 20.3 Å². The third kappa shape index (κ3) is 4.97. The van der Waals surface area contributed by atoms with Gasteiger partial charge in [-0.2, -0.15) is 5.10 Å². The number of nitrogens with zero attached hydrogens (tertiary/aromatic N) is 4. The van der Waals surface area contributed by atoms with Crippen molar-refractivity contribution in [2.75, 3.05) is 5.32 Å². The molecule has 6 rings (SSSR count). The van der Waals surface area contributed by atoms with Crippen molar-refractivity contribution in [2.45, 2.75) is 50.4 Å². The molecule has 2 aromatic heterocycles. The van der Waals surface area contributed by atoms with Crippen molar-refractivity contribution in [3.05, 3.63) is 77.7 Å². The maximum atomic E-state index is 14.9. The van der Waals surface area contributed by atoms with E-state index in [1.165, 1.54) is 10.7 Å². The predicted octanol–water partition coefficient (Wildman–Crippen LogP) is 4.46. The predicted molar refractivity (Wildman–Crippen MR) is 147 cm³/mol. The molecule has 4 N–H and O–H groups in total. The van der Waals surface area contributed by atoms with E-state index in [4.69, 9.17) is 4.74 Å². The second-order valence-electron chi connectivity index (χ2n) is 10.2. The van der Waals surface area contributed by atoms with Crippen molar-refractivity contribution in [1.82, 2.24) is 25.2 Å². The molecule has 0 bridgehead atoms. The average molecular weight is 559 g/mol. The fourth-order valence-corrected chi connectivity index (χ4v) is 5.36. The largest absolute Gasteiger partial charge is 0.479 e. The van der Waals surface area contributed by atoms with Gasteiger partial charge in [0, 0.05) is 23.5 Å². The van der Waals surface area contributed by atoms with Crippen LogP contribution >= 0.6 is 0 Å². The number of halogens is 1. The molecule has 0 amide bonds. The van der Waals surface area contributed by atoms with Crippen molar-refractivity contribution in [2.24, 2.45) is 0 Å². The van der Waals surface area contributed by atoms with Crippen LogP contribution < -0.4 is 5.32 Å². The summed E-state index contributed by atoms with van der Waals surface area (Å²) in [6.07, 6.45) is 4.04. The fourth-order valence-electron chi connectivity index (χ4n) is 5.36. The van der Waals surface area contributed by atoms with Crippen molar-refractivity contribution >= 4 is 39.6 Å². The minimum Gasteiger partial charge on any atom is -0.479 e. The van der Waals surface area contributed by atoms with Crippen LogP contribution in [0.25, 0.3) is 27.6 Å². The summed E-state index contributed by atoms with van der Waals surface area (Å²) >= 11 is 0. The molecule has 0 spiro atoms. The molecule has 0 aliphatic heterocycles. The molecule has 1 aliphatic rings. The molecule has 2 heterocycles. The summed E-state index contributed by atoms with van der Waals surface area (Å²) in [5, 5.41) is 39.1. The minimum atomic E-state index is -2.49. The number of hydrogen-bond donors (Lipinski definition) is 4. The zero-order valence-corrected chi connectivity index (χ0v) is 21.9. The van der Waals surface area contributed by atoms with Gasteiger partial charge in [-0.15, -0.1) is 5.10 Å². The lowest BCUT2D eigenvalue weighted by atomic mass is 9.94. The van der Waals surface area contributed by atoms with E-state index in [9.17, 15) is 24.2 Å². The number of aromatic amines is 1. The highest BCUT2D eigenvalue weighted by Gasteiger charge is 2.48. The van der Waals surface area contributed by atoms with Gasteiger partial charge in [-0.25, -0.2) is 18.7 Å². The molecule has 0 radical (unpaired) electrons. The number of anilines is 1. The Morgan fingerprint density at radius 3 is 2.56 bits per heavy atom. The minimum absolute atomic E-state index is 0.148. The van der Waals surface area contributed by atoms with Crippen LogP contribution in [0.4, 0.5) is 10.1 Å². The third-order valence-corrected chi connectivity index (χ3v) is 7.54. The quantitative estimate of drug-likeness (QED) is 0.182. The number of hydrogen-bond acceptors (Lipinski definition) is 7. The monoisotopic (exact) mass is 558 g/mol. The first-order valence-electron chi connectivity index (χ1n) is 13.3. The van der Waals surface area contributed by atoms with Crippen molar-refractivity contribution in [3.8, 4) is 5.69 Å². The topological polar surface area (TPSA) is 155 Å². The highest BCUT2D eigenvalue weighted by molar-refractivity contribution is 6.02. The number of H-pyrrole nitrogens is 1. The van der Waals surface area contributed by atoms with Gasteiger partial charge in [0.05, 0.1) is 29.0 Å². The number of aromatic nitrogens is 5. The van der Waals surface area contributed by atoms with Crippen molar-refractivity contribution < 1.29 is 28.9 Å². The number of carboxylic acids is 2. The number of benzene rings is 3. The van der Waals surface area contributed by atoms with Crippen LogP contribution in [-0.2, 0) is 27.4 Å². The van der Waals surface area contributed by atoms with Gasteiger partial charge in [0.2, 0.25) is 0 Å². The van der Waals surface area contributed by atoms with E-state index in [1.54, 1.807) is 48.5 Å². The summed E-state index contributed by atoms with van der Waals surface area (Å²) < 4.78 is 22.0. The normalized spacial score (nSPS) is 14.2. The summed E-state index contributed by atoms with van der Waals surface area (Å²) in [5.74, 6) is -3.68. The van der Waals surface area contributed by atoms with Crippen LogP contribution in [0.2, 0.25) is 0 Å². The number of carbonyl (C=O) groups is 2. The molecule has 1 fully saturated rings. The molecule has 1 aliphatic carbocycles. The summed E-state index contributed by atoms with van der Waals surface area (Å²) in [7, 11) is 0. The van der Waals surface area contributed by atoms with Gasteiger partial charge >= 0.3 is 11.9 Å². The molecule has 0 saturated heterocycles. The molecule has 1 saturated carbocycles. The van der Waals surface area contributed by atoms with E-state index in [-0.39, 0.29) is 18.5 Å². The molecule has 11 nitrogen and oxygen atoms in total. The second kappa shape index (κ2) is 10.6. The third-order valence-electron chi connectivity index (χ3n) is 7.54. The first-order chi connectivity index (χ1) is 19.8. The molecular formula is C29H27FN6O5. The Morgan fingerprint density at radius 2 is 1.83 bits per heavy atom. The number of ether oxygens (including phenoxy) is 1. The van der Waals surface area contributed by atoms with Crippen molar-refractivity contribution in [1.29, 1.82) is 0 Å². The molecule has 41 heavy (non-hydrogen) atoms. The Hall–Kier alpha value is -4.84. The Bertz CT molecular complexity index is 1730. The first kappa shape index (κ1) is 26.4. The lowest BCUT2D eigenvalue weighted by molar-refractivity contribution is -0.185. The number of fused-ring (bicyclic) bond motifs is 2. The zero-order chi connectivity index (χ0) is 28.6. The number of rotatable bonds is 10. The lowest BCUT2D eigenvalue weighted by Gasteiger charge is -2.25. The van der Waals surface area contributed by atoms with E-state index >= 15 is 0 Å². The van der Waals surface area contributed by atoms with Crippen molar-refractivity contribution in [3.63, 3.8) is 0 Å². The fraction of sp³-hybridized carbons (Fsp3) is 0.276. The van der Waals surface area contributed by atoms with Gasteiger partial charge in [-0.1, -0.05) is 48.4 Å². The Kier molecular flexibility index (Phi) is 6.83. The SMILES string of the molecule is O=C(O)C(Cc1ccccc1)(OCc1[nH]nc2cc(-n3nnc4c(F)cc(NC5CCCC5)cc43)ccc12)C(=O)O. The van der Waals surface area contributed by atoms with E-state index in [0.29, 0.717) is 45.1 Å². The van der Waals surface area contributed by atoms with Gasteiger partial charge in [-0.3, -0.25) is 5.10 Å². The van der Waals surface area contributed by atoms with Gasteiger partial charge in [0.1, 0.15) is 5.52 Å². The Balaban J connectivity index is 1.28. The first-order valence-corrected chi connectivity index (χ1v) is 13.3. The molecule has 210 valence electrons. The average Bonchev–Trinajstić information content (AvgIpc) is 3.71. The van der Waals surface area contributed by atoms with E-state index in [0.717, 1.165) is 25.7 Å². The molecule has 0 atom stereocenters. The summed E-state index contributed by atoms with van der Waals surface area (Å²) in [6, 6.07) is 17.2. The van der Waals surface area contributed by atoms with E-state index in [2.05, 4.69) is 25.8 Å². The number of carboxylic acid groups (broad SMARTS) is 2. The standard InChI is InChI=1S/C29H27FN6O5/c30-22-12-19(31-18-8-4-5-9-18)13-25-26(22)34-35-36(25)20-10-11-21-23(14-20)32-33-24(21)16-41-29(27(37)38,28(39)40)15-17-6-2-1-3-7-17/h1-3,6-7,10-14,18,31H,4-5,8-9,15-16H2,(H,32,33)(H,37,38)(H,39,40). The van der Waals surface area contributed by atoms with Crippen LogP contribution in [0.15, 0.2) is 60.7 Å². The molecule has 0 unspecified atom stereocenters. The summed E-state index contributed by atoms with van der Waals surface area (Å²) in [6.45, 7) is -0.338. The van der Waals surface area contributed by atoms with Crippen LogP contribution in [-0.4, -0.2) is 59.0 Å². The maximum absolute atomic E-state index is 14.9. The molecular weight excluding hydrogens is 531 g/mol. The number of aliphatic carboxylic acids is 2. The number of nitrogens with one attached hydrogen (secondary N) is 2. The van der Waals surface area contributed by atoms with Gasteiger partial charge in [-0.05, 0) is 48.7 Å². The van der Waals surface area contributed by atoms with Crippen LogP contribution in [0.3, 0.4) is 0 Å². The van der Waals surface area contributed by atoms with Crippen LogP contribution in [0.5, 0.6) is 0 Å². The Morgan fingerprint density at radius 1 is 1.07 bits per heavy atom. The Labute approximate surface area is 232 Å². The molecule has 3 aromatic carbocycles. The molecule has 12 heteroatoms. The van der Waals surface area contributed by atoms with Crippen LogP contribution in [0, 0.1) is 5.82 Å². The summed E-state index contributed by atoms with van der Waals surface area (Å²) in [5.41, 5.74) is 0.829.